The number of benzene rings is 2. The van der Waals surface area contributed by atoms with Crippen molar-refractivity contribution >= 4 is 33.4 Å². The Labute approximate surface area is 236 Å². The first-order valence-corrected chi connectivity index (χ1v) is 15.7. The molecular formula is C29H37ClN4O4S. The van der Waals surface area contributed by atoms with Crippen molar-refractivity contribution in [3.8, 4) is 0 Å². The zero-order valence-electron chi connectivity index (χ0n) is 22.4. The van der Waals surface area contributed by atoms with E-state index in [4.69, 9.17) is 11.6 Å². The van der Waals surface area contributed by atoms with E-state index in [1.807, 2.05) is 0 Å². The Kier molecular flexibility index (Phi) is 8.61. The standard InChI is InChI=1S/C29H37ClN4O4S/c1-20-16-23(30)9-11-27(20)39(37,38)34-15-12-31-29(36)26(34)18-28(35)32-25-7-5-6-22-17-21(8-10-24(22)25)19-33-13-3-2-4-14-33/h8-11,16-17,25-26H,2-7,12-15,18-19H2,1H3,(H,31,36)(H,32,35)/t25-,26-/m1/s1. The number of amides is 2. The molecule has 0 bridgehead atoms. The van der Waals surface area contributed by atoms with Crippen LogP contribution in [0.5, 0.6) is 0 Å². The lowest BCUT2D eigenvalue weighted by atomic mass is 9.86. The van der Waals surface area contributed by atoms with Crippen molar-refractivity contribution in [1.82, 2.24) is 19.8 Å². The summed E-state index contributed by atoms with van der Waals surface area (Å²) >= 11 is 6.03. The lowest BCUT2D eigenvalue weighted by molar-refractivity contribution is -0.132. The number of halogens is 1. The van der Waals surface area contributed by atoms with Crippen LogP contribution in [0.1, 0.15) is 66.8 Å². The van der Waals surface area contributed by atoms with Gasteiger partial charge in [-0.25, -0.2) is 8.42 Å². The van der Waals surface area contributed by atoms with Crippen molar-refractivity contribution < 1.29 is 18.0 Å². The predicted molar refractivity (Wildman–Crippen MR) is 151 cm³/mol. The minimum absolute atomic E-state index is 0.0913. The van der Waals surface area contributed by atoms with E-state index in [-0.39, 0.29) is 36.4 Å². The van der Waals surface area contributed by atoms with E-state index in [0.717, 1.165) is 48.8 Å². The van der Waals surface area contributed by atoms with E-state index < -0.39 is 22.0 Å². The van der Waals surface area contributed by atoms with Crippen molar-refractivity contribution in [2.75, 3.05) is 26.2 Å². The molecule has 0 radical (unpaired) electrons. The van der Waals surface area contributed by atoms with E-state index in [1.165, 1.54) is 42.5 Å². The average Bonchev–Trinajstić information content (AvgIpc) is 2.90. The summed E-state index contributed by atoms with van der Waals surface area (Å²) in [6.07, 6.45) is 6.35. The number of aryl methyl sites for hydroxylation is 2. The van der Waals surface area contributed by atoms with Gasteiger partial charge in [-0.05, 0) is 92.6 Å². The minimum atomic E-state index is -4.01. The minimum Gasteiger partial charge on any atom is -0.353 e. The van der Waals surface area contributed by atoms with Gasteiger partial charge >= 0.3 is 0 Å². The molecular weight excluding hydrogens is 536 g/mol. The number of nitrogens with one attached hydrogen (secondary N) is 2. The van der Waals surface area contributed by atoms with Gasteiger partial charge in [0.05, 0.1) is 17.4 Å². The second-order valence-electron chi connectivity index (χ2n) is 10.9. The maximum absolute atomic E-state index is 13.6. The first kappa shape index (κ1) is 28.1. The summed E-state index contributed by atoms with van der Waals surface area (Å²) in [6.45, 7) is 5.21. The number of piperazine rings is 1. The molecule has 2 amide bonds. The van der Waals surface area contributed by atoms with E-state index in [2.05, 4.69) is 33.7 Å². The van der Waals surface area contributed by atoms with Crippen molar-refractivity contribution in [3.63, 3.8) is 0 Å². The molecule has 2 aliphatic heterocycles. The van der Waals surface area contributed by atoms with Gasteiger partial charge in [0.1, 0.15) is 6.04 Å². The number of hydrogen-bond acceptors (Lipinski definition) is 5. The first-order chi connectivity index (χ1) is 18.7. The van der Waals surface area contributed by atoms with Crippen LogP contribution in [0.4, 0.5) is 0 Å². The summed E-state index contributed by atoms with van der Waals surface area (Å²) in [5, 5.41) is 6.26. The number of carbonyl (C=O) groups excluding carboxylic acids is 2. The third-order valence-corrected chi connectivity index (χ3v) is 10.4. The topological polar surface area (TPSA) is 98.8 Å². The maximum atomic E-state index is 13.6. The summed E-state index contributed by atoms with van der Waals surface area (Å²) in [5.41, 5.74) is 4.18. The van der Waals surface area contributed by atoms with Crippen molar-refractivity contribution in [2.24, 2.45) is 0 Å². The molecule has 2 atom stereocenters. The Hall–Kier alpha value is -2.46. The lowest BCUT2D eigenvalue weighted by Gasteiger charge is -2.34. The smallest absolute Gasteiger partial charge is 0.244 e. The van der Waals surface area contributed by atoms with Crippen molar-refractivity contribution in [3.05, 3.63) is 63.7 Å². The largest absolute Gasteiger partial charge is 0.353 e. The Bertz CT molecular complexity index is 1340. The fourth-order valence-electron chi connectivity index (χ4n) is 6.13. The third-order valence-electron chi connectivity index (χ3n) is 8.10. The molecule has 0 spiro atoms. The Morgan fingerprint density at radius 3 is 2.64 bits per heavy atom. The molecule has 210 valence electrons. The summed E-state index contributed by atoms with van der Waals surface area (Å²) in [6, 6.07) is 9.86. The van der Waals surface area contributed by atoms with Crippen LogP contribution in [-0.2, 0) is 32.6 Å². The van der Waals surface area contributed by atoms with E-state index in [0.29, 0.717) is 10.6 Å². The van der Waals surface area contributed by atoms with Crippen molar-refractivity contribution in [1.29, 1.82) is 0 Å². The molecule has 0 aromatic heterocycles. The highest BCUT2D eigenvalue weighted by Gasteiger charge is 2.40. The molecule has 1 aliphatic carbocycles. The second kappa shape index (κ2) is 12.0. The third kappa shape index (κ3) is 6.32. The number of carbonyl (C=O) groups is 2. The second-order valence-corrected chi connectivity index (χ2v) is 13.2. The van der Waals surface area contributed by atoms with Gasteiger partial charge in [0.2, 0.25) is 21.8 Å². The number of hydrogen-bond donors (Lipinski definition) is 2. The molecule has 5 rings (SSSR count). The molecule has 2 aromatic carbocycles. The zero-order chi connectivity index (χ0) is 27.6. The predicted octanol–water partition coefficient (Wildman–Crippen LogP) is 3.71. The molecule has 2 aromatic rings. The number of piperidine rings is 1. The summed E-state index contributed by atoms with van der Waals surface area (Å²) in [4.78, 5) is 28.7. The fraction of sp³-hybridized carbons (Fsp3) is 0.517. The first-order valence-electron chi connectivity index (χ1n) is 13.9. The summed E-state index contributed by atoms with van der Waals surface area (Å²) < 4.78 is 28.3. The number of nitrogens with zero attached hydrogens (tertiary/aromatic N) is 2. The van der Waals surface area contributed by atoms with Gasteiger partial charge < -0.3 is 10.6 Å². The van der Waals surface area contributed by atoms with Gasteiger partial charge in [0.15, 0.2) is 0 Å². The van der Waals surface area contributed by atoms with Gasteiger partial charge in [0.25, 0.3) is 0 Å². The SMILES string of the molecule is Cc1cc(Cl)ccc1S(=O)(=O)N1CCNC(=O)[C@H]1CC(=O)N[C@@H]1CCCc2cc(CN3CCCCC3)ccc21. The molecule has 0 unspecified atom stereocenters. The molecule has 2 N–H and O–H groups in total. The van der Waals surface area contributed by atoms with Crippen LogP contribution in [0.2, 0.25) is 5.02 Å². The van der Waals surface area contributed by atoms with E-state index >= 15 is 0 Å². The van der Waals surface area contributed by atoms with E-state index in [1.54, 1.807) is 13.0 Å². The Morgan fingerprint density at radius 2 is 1.87 bits per heavy atom. The molecule has 0 saturated carbocycles. The van der Waals surface area contributed by atoms with Gasteiger partial charge in [-0.2, -0.15) is 4.31 Å². The van der Waals surface area contributed by atoms with Crippen LogP contribution in [0.3, 0.4) is 0 Å². The Morgan fingerprint density at radius 1 is 1.08 bits per heavy atom. The van der Waals surface area contributed by atoms with Gasteiger partial charge in [-0.3, -0.25) is 14.5 Å². The number of fused-ring (bicyclic) bond motifs is 1. The van der Waals surface area contributed by atoms with E-state index in [9.17, 15) is 18.0 Å². The molecule has 2 heterocycles. The number of likely N-dealkylation sites (tertiary alicyclic amines) is 1. The molecule has 2 fully saturated rings. The number of sulfonamides is 1. The van der Waals surface area contributed by atoms with Gasteiger partial charge in [-0.1, -0.05) is 36.2 Å². The van der Waals surface area contributed by atoms with Crippen LogP contribution in [0, 0.1) is 6.92 Å². The average molecular weight is 573 g/mol. The molecule has 8 nitrogen and oxygen atoms in total. The summed E-state index contributed by atoms with van der Waals surface area (Å²) in [7, 11) is -4.01. The summed E-state index contributed by atoms with van der Waals surface area (Å²) in [5.74, 6) is -0.793. The monoisotopic (exact) mass is 572 g/mol. The zero-order valence-corrected chi connectivity index (χ0v) is 24.0. The molecule has 3 aliphatic rings. The maximum Gasteiger partial charge on any atom is 0.244 e. The molecule has 10 heteroatoms. The van der Waals surface area contributed by atoms with Crippen LogP contribution in [0.25, 0.3) is 0 Å². The van der Waals surface area contributed by atoms with Crippen LogP contribution in [-0.4, -0.2) is 61.7 Å². The Balaban J connectivity index is 1.29. The normalized spacial score (nSPS) is 22.7. The highest BCUT2D eigenvalue weighted by Crippen LogP contribution is 2.32. The highest BCUT2D eigenvalue weighted by molar-refractivity contribution is 7.89. The van der Waals surface area contributed by atoms with Crippen LogP contribution in [0.15, 0.2) is 41.3 Å². The van der Waals surface area contributed by atoms with Crippen LogP contribution >= 0.6 is 11.6 Å². The van der Waals surface area contributed by atoms with Crippen molar-refractivity contribution in [2.45, 2.75) is 75.4 Å². The highest BCUT2D eigenvalue weighted by atomic mass is 35.5. The molecule has 2 saturated heterocycles. The van der Waals surface area contributed by atoms with Crippen LogP contribution < -0.4 is 10.6 Å². The lowest BCUT2D eigenvalue weighted by Crippen LogP contribution is -2.58. The fourth-order valence-corrected chi connectivity index (χ4v) is 8.15. The quantitative estimate of drug-likeness (QED) is 0.527. The van der Waals surface area contributed by atoms with Gasteiger partial charge in [0, 0.05) is 24.7 Å². The number of rotatable bonds is 7. The molecule has 39 heavy (non-hydrogen) atoms. The van der Waals surface area contributed by atoms with Gasteiger partial charge in [-0.15, -0.1) is 0 Å².